The van der Waals surface area contributed by atoms with Gasteiger partial charge in [-0.15, -0.1) is 0 Å². The molecule has 0 amide bonds. The molecule has 1 aliphatic heterocycles. The molecule has 6 nitrogen and oxygen atoms in total. The van der Waals surface area contributed by atoms with Gasteiger partial charge in [-0.1, -0.05) is 0 Å². The van der Waals surface area contributed by atoms with Gasteiger partial charge in [-0.05, 0) is 44.0 Å². The lowest BCUT2D eigenvalue weighted by Gasteiger charge is -2.17. The third kappa shape index (κ3) is 3.74. The Kier molecular flexibility index (Phi) is 4.66. The van der Waals surface area contributed by atoms with Crippen LogP contribution in [0.2, 0.25) is 0 Å². The fraction of sp³-hybridized carbons (Fsp3) is 0.353. The van der Waals surface area contributed by atoms with Crippen LogP contribution >= 0.6 is 0 Å². The summed E-state index contributed by atoms with van der Waals surface area (Å²) < 4.78 is 50.6. The van der Waals surface area contributed by atoms with Gasteiger partial charge in [0.2, 0.25) is 10.0 Å². The molecule has 0 spiro atoms. The maximum Gasteiger partial charge on any atom is 0.339 e. The highest BCUT2D eigenvalue weighted by Gasteiger charge is 2.34. The highest BCUT2D eigenvalue weighted by molar-refractivity contribution is 7.89. The van der Waals surface area contributed by atoms with E-state index in [4.69, 9.17) is 9.15 Å². The molecule has 1 saturated heterocycles. The van der Waals surface area contributed by atoms with Crippen molar-refractivity contribution in [3.05, 3.63) is 57.9 Å². The van der Waals surface area contributed by atoms with Crippen molar-refractivity contribution in [1.29, 1.82) is 0 Å². The van der Waals surface area contributed by atoms with Crippen LogP contribution in [0.5, 0.6) is 5.75 Å². The molecule has 1 fully saturated rings. The van der Waals surface area contributed by atoms with Crippen LogP contribution in [0.3, 0.4) is 0 Å². The molecule has 0 saturated carbocycles. The van der Waals surface area contributed by atoms with Crippen molar-refractivity contribution in [2.75, 3.05) is 13.1 Å². The Morgan fingerprint density at radius 3 is 2.68 bits per heavy atom. The summed E-state index contributed by atoms with van der Waals surface area (Å²) in [6.07, 6.45) is 0.135. The molecule has 2 aromatic rings. The van der Waals surface area contributed by atoms with Gasteiger partial charge in [0, 0.05) is 12.6 Å². The lowest BCUT2D eigenvalue weighted by Crippen LogP contribution is -2.31. The Hall–Kier alpha value is -2.19. The van der Waals surface area contributed by atoms with Crippen molar-refractivity contribution in [2.24, 2.45) is 0 Å². The maximum absolute atomic E-state index is 13.4. The zero-order valence-electron chi connectivity index (χ0n) is 13.9. The van der Waals surface area contributed by atoms with E-state index in [0.29, 0.717) is 24.5 Å². The number of halogens is 1. The average Bonchev–Trinajstić information content (AvgIpc) is 2.98. The Morgan fingerprint density at radius 2 is 2.00 bits per heavy atom. The molecule has 2 heterocycles. The predicted octanol–water partition coefficient (Wildman–Crippen LogP) is 2.24. The minimum atomic E-state index is -3.71. The number of hydrogen-bond donors (Lipinski definition) is 0. The number of benzene rings is 1. The Balaban J connectivity index is 1.75. The summed E-state index contributed by atoms with van der Waals surface area (Å²) in [4.78, 5) is 11.4. The van der Waals surface area contributed by atoms with Crippen LogP contribution in [0.4, 0.5) is 4.39 Å². The van der Waals surface area contributed by atoms with Gasteiger partial charge in [0.1, 0.15) is 23.4 Å². The monoisotopic (exact) mass is 367 g/mol. The van der Waals surface area contributed by atoms with Gasteiger partial charge in [-0.2, -0.15) is 4.31 Å². The third-order valence-electron chi connectivity index (χ3n) is 4.04. The fourth-order valence-corrected chi connectivity index (χ4v) is 4.35. The first-order chi connectivity index (χ1) is 11.8. The van der Waals surface area contributed by atoms with E-state index < -0.39 is 21.5 Å². The summed E-state index contributed by atoms with van der Waals surface area (Å²) in [6, 6.07) is 6.55. The molecule has 1 atom stereocenters. The van der Waals surface area contributed by atoms with E-state index in [1.807, 2.05) is 0 Å². The highest BCUT2D eigenvalue weighted by atomic mass is 32.2. The van der Waals surface area contributed by atoms with Gasteiger partial charge >= 0.3 is 5.63 Å². The summed E-state index contributed by atoms with van der Waals surface area (Å²) >= 11 is 0. The summed E-state index contributed by atoms with van der Waals surface area (Å²) in [7, 11) is -3.71. The molecule has 1 aliphatic rings. The van der Waals surface area contributed by atoms with Crippen molar-refractivity contribution in [3.8, 4) is 5.75 Å². The van der Waals surface area contributed by atoms with E-state index in [1.54, 1.807) is 13.0 Å². The van der Waals surface area contributed by atoms with Gasteiger partial charge in [0.15, 0.2) is 0 Å². The summed E-state index contributed by atoms with van der Waals surface area (Å²) in [5.74, 6) is 0.335. The highest BCUT2D eigenvalue weighted by Crippen LogP contribution is 2.25. The Labute approximate surface area is 144 Å². The molecule has 0 bridgehead atoms. The zero-order chi connectivity index (χ0) is 18.2. The van der Waals surface area contributed by atoms with Crippen molar-refractivity contribution in [2.45, 2.75) is 31.3 Å². The van der Waals surface area contributed by atoms with Crippen LogP contribution in [-0.2, 0) is 10.0 Å². The number of hydrogen-bond acceptors (Lipinski definition) is 5. The van der Waals surface area contributed by atoms with E-state index >= 15 is 0 Å². The van der Waals surface area contributed by atoms with Crippen molar-refractivity contribution < 1.29 is 22.0 Å². The van der Waals surface area contributed by atoms with Gasteiger partial charge in [-0.3, -0.25) is 0 Å². The molecule has 3 rings (SSSR count). The maximum atomic E-state index is 13.4. The first-order valence-corrected chi connectivity index (χ1v) is 9.24. The normalized spacial score (nSPS) is 18.4. The van der Waals surface area contributed by atoms with Gasteiger partial charge in [0.05, 0.1) is 17.5 Å². The molecule has 1 unspecified atom stereocenters. The summed E-state index contributed by atoms with van der Waals surface area (Å²) in [5.41, 5.74) is -0.237. The van der Waals surface area contributed by atoms with E-state index in [1.165, 1.54) is 29.4 Å². The third-order valence-corrected chi connectivity index (χ3v) is 5.91. The van der Waals surface area contributed by atoms with E-state index in [2.05, 4.69) is 0 Å². The second-order valence-electron chi connectivity index (χ2n) is 6.03. The molecular weight excluding hydrogens is 349 g/mol. The first-order valence-electron chi connectivity index (χ1n) is 7.80. The lowest BCUT2D eigenvalue weighted by atomic mass is 10.2. The molecule has 0 aliphatic carbocycles. The largest absolute Gasteiger partial charge is 0.489 e. The lowest BCUT2D eigenvalue weighted by molar-refractivity contribution is 0.213. The Morgan fingerprint density at radius 1 is 1.24 bits per heavy atom. The Bertz CT molecular complexity index is 954. The molecule has 1 aromatic heterocycles. The van der Waals surface area contributed by atoms with Crippen molar-refractivity contribution >= 4 is 10.0 Å². The predicted molar refractivity (Wildman–Crippen MR) is 88.6 cm³/mol. The number of aryl methyl sites for hydroxylation is 2. The number of rotatable bonds is 4. The van der Waals surface area contributed by atoms with E-state index in [-0.39, 0.29) is 23.1 Å². The van der Waals surface area contributed by atoms with Crippen LogP contribution in [-0.4, -0.2) is 31.9 Å². The smallest absolute Gasteiger partial charge is 0.339 e. The van der Waals surface area contributed by atoms with E-state index in [9.17, 15) is 17.6 Å². The van der Waals surface area contributed by atoms with E-state index in [0.717, 1.165) is 6.07 Å². The first kappa shape index (κ1) is 17.6. The van der Waals surface area contributed by atoms with Crippen LogP contribution < -0.4 is 10.4 Å². The van der Waals surface area contributed by atoms with Gasteiger partial charge in [-0.25, -0.2) is 17.6 Å². The van der Waals surface area contributed by atoms with Crippen molar-refractivity contribution in [1.82, 2.24) is 4.31 Å². The molecule has 0 N–H and O–H groups in total. The van der Waals surface area contributed by atoms with Crippen LogP contribution in [0.25, 0.3) is 0 Å². The van der Waals surface area contributed by atoms with Gasteiger partial charge in [0.25, 0.3) is 0 Å². The molecule has 25 heavy (non-hydrogen) atoms. The standard InChI is InChI=1S/C17H18FNO5S/c1-11-7-15(3-4-16(11)18)25(21,22)19-6-5-13(10-19)24-14-8-12(2)23-17(20)9-14/h3-4,7-9,13H,5-6,10H2,1-2H3. The quantitative estimate of drug-likeness (QED) is 0.828. The van der Waals surface area contributed by atoms with Crippen LogP contribution in [0.15, 0.2) is 44.4 Å². The molecular formula is C17H18FNO5S. The number of nitrogens with zero attached hydrogens (tertiary/aromatic N) is 1. The SMILES string of the molecule is Cc1cc(OC2CCN(S(=O)(=O)c3ccc(F)c(C)c3)C2)cc(=O)o1. The van der Waals surface area contributed by atoms with Crippen LogP contribution in [0, 0.1) is 19.7 Å². The molecule has 0 radical (unpaired) electrons. The van der Waals surface area contributed by atoms with Gasteiger partial charge < -0.3 is 9.15 Å². The molecule has 8 heteroatoms. The minimum absolute atomic E-state index is 0.0586. The molecule has 134 valence electrons. The minimum Gasteiger partial charge on any atom is -0.489 e. The topological polar surface area (TPSA) is 76.8 Å². The number of sulfonamides is 1. The second kappa shape index (κ2) is 6.61. The second-order valence-corrected chi connectivity index (χ2v) is 7.96. The number of ether oxygens (including phenoxy) is 1. The average molecular weight is 367 g/mol. The fourth-order valence-electron chi connectivity index (χ4n) is 2.78. The van der Waals surface area contributed by atoms with Crippen LogP contribution in [0.1, 0.15) is 17.7 Å². The summed E-state index contributed by atoms with van der Waals surface area (Å²) in [5, 5.41) is 0. The zero-order valence-corrected chi connectivity index (χ0v) is 14.7. The van der Waals surface area contributed by atoms with Crippen molar-refractivity contribution in [3.63, 3.8) is 0 Å². The summed E-state index contributed by atoms with van der Waals surface area (Å²) in [6.45, 7) is 3.62. The molecule has 1 aromatic carbocycles.